The van der Waals surface area contributed by atoms with E-state index < -0.39 is 0 Å². The first-order chi connectivity index (χ1) is 11.5. The molecular formula is C20H26N4. The first-order valence-corrected chi connectivity index (χ1v) is 9.02. The van der Waals surface area contributed by atoms with Crippen LogP contribution in [0.1, 0.15) is 44.1 Å². The molecule has 1 aliphatic heterocycles. The van der Waals surface area contributed by atoms with Crippen LogP contribution in [0.3, 0.4) is 0 Å². The molecule has 3 heterocycles. The van der Waals surface area contributed by atoms with Crippen molar-refractivity contribution in [1.82, 2.24) is 19.4 Å². The number of benzene rings is 1. The number of hydrogen-bond donors (Lipinski definition) is 0. The smallest absolute Gasteiger partial charge is 0.108 e. The van der Waals surface area contributed by atoms with Crippen molar-refractivity contribution in [2.24, 2.45) is 0 Å². The molecule has 4 rings (SSSR count). The SMILES string of the molecule is Cc1ccc2ncc3nc(C)n(C4CCN(C(C)C)CC4)c3c2c1. The van der Waals surface area contributed by atoms with Crippen molar-refractivity contribution in [2.75, 3.05) is 13.1 Å². The number of aromatic nitrogens is 3. The number of aryl methyl sites for hydroxylation is 2. The molecule has 24 heavy (non-hydrogen) atoms. The summed E-state index contributed by atoms with van der Waals surface area (Å²) in [4.78, 5) is 12.0. The summed E-state index contributed by atoms with van der Waals surface area (Å²) < 4.78 is 2.48. The molecule has 4 heteroatoms. The lowest BCUT2D eigenvalue weighted by atomic mass is 10.0. The van der Waals surface area contributed by atoms with Gasteiger partial charge in [-0.2, -0.15) is 0 Å². The summed E-state index contributed by atoms with van der Waals surface area (Å²) in [6.07, 6.45) is 4.32. The Hall–Kier alpha value is -1.94. The Morgan fingerprint density at radius 3 is 2.54 bits per heavy atom. The van der Waals surface area contributed by atoms with E-state index in [-0.39, 0.29) is 0 Å². The molecule has 0 amide bonds. The van der Waals surface area contributed by atoms with Gasteiger partial charge in [-0.1, -0.05) is 11.6 Å². The van der Waals surface area contributed by atoms with E-state index in [0.29, 0.717) is 12.1 Å². The number of imidazole rings is 1. The van der Waals surface area contributed by atoms with Crippen molar-refractivity contribution in [3.05, 3.63) is 35.8 Å². The van der Waals surface area contributed by atoms with Gasteiger partial charge in [0.15, 0.2) is 0 Å². The van der Waals surface area contributed by atoms with Gasteiger partial charge in [-0.15, -0.1) is 0 Å². The molecule has 0 atom stereocenters. The maximum atomic E-state index is 4.81. The summed E-state index contributed by atoms with van der Waals surface area (Å²) in [5, 5.41) is 1.24. The lowest BCUT2D eigenvalue weighted by Crippen LogP contribution is -2.39. The highest BCUT2D eigenvalue weighted by Crippen LogP contribution is 2.32. The van der Waals surface area contributed by atoms with Gasteiger partial charge in [0.2, 0.25) is 0 Å². The topological polar surface area (TPSA) is 34.0 Å². The van der Waals surface area contributed by atoms with Gasteiger partial charge in [-0.05, 0) is 52.7 Å². The number of hydrogen-bond acceptors (Lipinski definition) is 3. The fourth-order valence-electron chi connectivity index (χ4n) is 4.11. The van der Waals surface area contributed by atoms with Crippen molar-refractivity contribution in [3.8, 4) is 0 Å². The highest BCUT2D eigenvalue weighted by Gasteiger charge is 2.25. The van der Waals surface area contributed by atoms with E-state index in [1.54, 1.807) is 0 Å². The fraction of sp³-hybridized carbons (Fsp3) is 0.500. The largest absolute Gasteiger partial charge is 0.324 e. The summed E-state index contributed by atoms with van der Waals surface area (Å²) in [5.74, 6) is 1.11. The molecular weight excluding hydrogens is 296 g/mol. The van der Waals surface area contributed by atoms with Gasteiger partial charge in [0, 0.05) is 30.6 Å². The maximum Gasteiger partial charge on any atom is 0.108 e. The van der Waals surface area contributed by atoms with Crippen molar-refractivity contribution < 1.29 is 0 Å². The zero-order chi connectivity index (χ0) is 16.8. The van der Waals surface area contributed by atoms with E-state index in [0.717, 1.165) is 16.9 Å². The number of fused-ring (bicyclic) bond motifs is 3. The zero-order valence-electron chi connectivity index (χ0n) is 15.1. The van der Waals surface area contributed by atoms with Gasteiger partial charge in [-0.3, -0.25) is 4.98 Å². The molecule has 0 unspecified atom stereocenters. The number of nitrogens with zero attached hydrogens (tertiary/aromatic N) is 4. The molecule has 126 valence electrons. The Labute approximate surface area is 143 Å². The van der Waals surface area contributed by atoms with Gasteiger partial charge < -0.3 is 9.47 Å². The third kappa shape index (κ3) is 2.49. The highest BCUT2D eigenvalue weighted by atomic mass is 15.2. The normalized spacial score (nSPS) is 17.4. The predicted molar refractivity (Wildman–Crippen MR) is 99.5 cm³/mol. The molecule has 0 saturated carbocycles. The van der Waals surface area contributed by atoms with E-state index in [1.165, 1.54) is 42.4 Å². The Kier molecular flexibility index (Phi) is 3.80. The molecule has 0 N–H and O–H groups in total. The number of pyridine rings is 1. The minimum Gasteiger partial charge on any atom is -0.324 e. The van der Waals surface area contributed by atoms with E-state index in [9.17, 15) is 0 Å². The summed E-state index contributed by atoms with van der Waals surface area (Å²) in [5.41, 5.74) is 4.63. The summed E-state index contributed by atoms with van der Waals surface area (Å²) in [6, 6.07) is 7.69. The van der Waals surface area contributed by atoms with Crippen LogP contribution in [0, 0.1) is 13.8 Å². The van der Waals surface area contributed by atoms with Crippen LogP contribution in [0.5, 0.6) is 0 Å². The molecule has 2 aromatic heterocycles. The van der Waals surface area contributed by atoms with Gasteiger partial charge in [0.1, 0.15) is 11.3 Å². The van der Waals surface area contributed by atoms with Gasteiger partial charge in [-0.25, -0.2) is 4.98 Å². The predicted octanol–water partition coefficient (Wildman–Crippen LogP) is 4.25. The Balaban J connectivity index is 1.83. The second-order valence-electron chi connectivity index (χ2n) is 7.40. The number of rotatable bonds is 2. The number of piperidine rings is 1. The molecule has 1 saturated heterocycles. The zero-order valence-corrected chi connectivity index (χ0v) is 15.1. The van der Waals surface area contributed by atoms with Crippen molar-refractivity contribution in [2.45, 2.75) is 52.6 Å². The Bertz CT molecular complexity index is 885. The standard InChI is InChI=1S/C20H26N4/c1-13(2)23-9-7-16(8-10-23)24-15(4)22-19-12-21-18-6-5-14(3)11-17(18)20(19)24/h5-6,11-13,16H,7-10H2,1-4H3. The minimum atomic E-state index is 0.538. The highest BCUT2D eigenvalue weighted by molar-refractivity contribution is 6.02. The van der Waals surface area contributed by atoms with Crippen molar-refractivity contribution >= 4 is 21.9 Å². The van der Waals surface area contributed by atoms with Crippen LogP contribution in [0.15, 0.2) is 24.4 Å². The van der Waals surface area contributed by atoms with Gasteiger partial charge in [0.25, 0.3) is 0 Å². The lowest BCUT2D eigenvalue weighted by molar-refractivity contribution is 0.152. The van der Waals surface area contributed by atoms with Crippen LogP contribution in [-0.4, -0.2) is 38.6 Å². The third-order valence-electron chi connectivity index (χ3n) is 5.44. The minimum absolute atomic E-state index is 0.538. The molecule has 4 nitrogen and oxygen atoms in total. The second-order valence-corrected chi connectivity index (χ2v) is 7.40. The van der Waals surface area contributed by atoms with Crippen LogP contribution in [-0.2, 0) is 0 Å². The molecule has 0 aliphatic carbocycles. The summed E-state index contributed by atoms with van der Waals surface area (Å²) in [7, 11) is 0. The van der Waals surface area contributed by atoms with E-state index in [1.807, 2.05) is 6.20 Å². The van der Waals surface area contributed by atoms with Crippen LogP contribution in [0.2, 0.25) is 0 Å². The Morgan fingerprint density at radius 2 is 1.83 bits per heavy atom. The first-order valence-electron chi connectivity index (χ1n) is 9.02. The molecule has 1 aliphatic rings. The van der Waals surface area contributed by atoms with Crippen molar-refractivity contribution in [3.63, 3.8) is 0 Å². The molecule has 1 aromatic carbocycles. The summed E-state index contributed by atoms with van der Waals surface area (Å²) >= 11 is 0. The molecule has 0 spiro atoms. The third-order valence-corrected chi connectivity index (χ3v) is 5.44. The van der Waals surface area contributed by atoms with Gasteiger partial charge in [0.05, 0.1) is 17.2 Å². The first kappa shape index (κ1) is 15.6. The van der Waals surface area contributed by atoms with E-state index in [2.05, 4.69) is 60.3 Å². The number of likely N-dealkylation sites (tertiary alicyclic amines) is 1. The van der Waals surface area contributed by atoms with E-state index >= 15 is 0 Å². The average Bonchev–Trinajstić information content (AvgIpc) is 2.91. The molecule has 1 fully saturated rings. The molecule has 0 bridgehead atoms. The van der Waals surface area contributed by atoms with Crippen LogP contribution >= 0.6 is 0 Å². The molecule has 3 aromatic rings. The quantitative estimate of drug-likeness (QED) is 0.707. The van der Waals surface area contributed by atoms with Crippen molar-refractivity contribution in [1.29, 1.82) is 0 Å². The lowest BCUT2D eigenvalue weighted by Gasteiger charge is -2.35. The summed E-state index contributed by atoms with van der Waals surface area (Å²) in [6.45, 7) is 11.2. The maximum absolute atomic E-state index is 4.81. The van der Waals surface area contributed by atoms with E-state index in [4.69, 9.17) is 4.98 Å². The Morgan fingerprint density at radius 1 is 1.08 bits per heavy atom. The van der Waals surface area contributed by atoms with Crippen LogP contribution < -0.4 is 0 Å². The van der Waals surface area contributed by atoms with Crippen LogP contribution in [0.25, 0.3) is 21.9 Å². The second kappa shape index (κ2) is 5.85. The van der Waals surface area contributed by atoms with Gasteiger partial charge >= 0.3 is 0 Å². The average molecular weight is 322 g/mol. The van der Waals surface area contributed by atoms with Crippen LogP contribution in [0.4, 0.5) is 0 Å². The molecule has 0 radical (unpaired) electrons. The fourth-order valence-corrected chi connectivity index (χ4v) is 4.11. The monoisotopic (exact) mass is 322 g/mol.